The van der Waals surface area contributed by atoms with Gasteiger partial charge >= 0.3 is 0 Å². The fraction of sp³-hybridized carbons (Fsp3) is 0.346. The molecule has 1 aliphatic heterocycles. The number of halogens is 1. The van der Waals surface area contributed by atoms with E-state index in [1.54, 1.807) is 31.4 Å². The largest absolute Gasteiger partial charge is 0.493 e. The molecule has 1 aromatic heterocycles. The minimum absolute atomic E-state index is 0.0160. The minimum Gasteiger partial charge on any atom is -0.493 e. The third kappa shape index (κ3) is 6.61. The summed E-state index contributed by atoms with van der Waals surface area (Å²) in [5.41, 5.74) is 1.73. The van der Waals surface area contributed by atoms with Crippen LogP contribution >= 0.6 is 11.6 Å². The Hall–Kier alpha value is -3.36. The third-order valence-corrected chi connectivity index (χ3v) is 5.93. The van der Waals surface area contributed by atoms with Crippen LogP contribution in [0.2, 0.25) is 5.02 Å². The Bertz CT molecular complexity index is 1150. The summed E-state index contributed by atoms with van der Waals surface area (Å²) >= 11 is 5.94. The summed E-state index contributed by atoms with van der Waals surface area (Å²) in [6.07, 6.45) is 4.33. The van der Waals surface area contributed by atoms with Crippen molar-refractivity contribution in [1.29, 1.82) is 0 Å². The van der Waals surface area contributed by atoms with Gasteiger partial charge in [-0.1, -0.05) is 29.7 Å². The van der Waals surface area contributed by atoms with E-state index in [1.807, 2.05) is 35.2 Å². The Kier molecular flexibility index (Phi) is 8.39. The van der Waals surface area contributed by atoms with Gasteiger partial charge in [-0.2, -0.15) is 4.98 Å². The number of hydrogen-bond acceptors (Lipinski definition) is 7. The molecule has 4 rings (SSSR count). The molecule has 0 saturated carbocycles. The molecule has 8 nitrogen and oxygen atoms in total. The molecule has 9 heteroatoms. The van der Waals surface area contributed by atoms with Gasteiger partial charge in [0.1, 0.15) is 0 Å². The van der Waals surface area contributed by atoms with Crippen molar-refractivity contribution >= 4 is 23.6 Å². The number of benzene rings is 2. The summed E-state index contributed by atoms with van der Waals surface area (Å²) in [4.78, 5) is 21.2. The number of ether oxygens (including phenoxy) is 2. The topological polar surface area (TPSA) is 80.9 Å². The normalized spacial score (nSPS) is 14.4. The summed E-state index contributed by atoms with van der Waals surface area (Å²) in [7, 11) is 1.61. The fourth-order valence-corrected chi connectivity index (χ4v) is 3.87. The monoisotopic (exact) mass is 496 g/mol. The molecule has 2 heterocycles. The Morgan fingerprint density at radius 1 is 1.11 bits per heavy atom. The van der Waals surface area contributed by atoms with Gasteiger partial charge in [-0.3, -0.25) is 9.69 Å². The first kappa shape index (κ1) is 24.8. The van der Waals surface area contributed by atoms with Gasteiger partial charge in [-0.05, 0) is 54.5 Å². The fourth-order valence-electron chi connectivity index (χ4n) is 3.74. The van der Waals surface area contributed by atoms with E-state index < -0.39 is 0 Å². The standard InChI is InChI=1S/C26H29ClN4O4/c1-3-16-34-22-10-4-19(17-23(22)33-2)5-11-25(32)31-14-12-30(13-15-31)18-24-28-26(29-35-24)20-6-8-21(27)9-7-20/h4-11,17H,3,12-16,18H2,1-2H3/b11-5+. The summed E-state index contributed by atoms with van der Waals surface area (Å²) in [5, 5.41) is 4.73. The number of nitrogens with zero attached hydrogens (tertiary/aromatic N) is 4. The summed E-state index contributed by atoms with van der Waals surface area (Å²) < 4.78 is 16.5. The second kappa shape index (κ2) is 11.9. The van der Waals surface area contributed by atoms with Gasteiger partial charge in [0.15, 0.2) is 11.5 Å². The molecule has 0 atom stereocenters. The van der Waals surface area contributed by atoms with Crippen LogP contribution in [-0.2, 0) is 11.3 Å². The highest BCUT2D eigenvalue weighted by molar-refractivity contribution is 6.30. The number of amides is 1. The van der Waals surface area contributed by atoms with Crippen LogP contribution in [0.4, 0.5) is 0 Å². The first-order valence-corrected chi connectivity index (χ1v) is 12.0. The molecule has 0 aliphatic carbocycles. The van der Waals surface area contributed by atoms with Gasteiger partial charge in [0.2, 0.25) is 17.6 Å². The molecule has 0 N–H and O–H groups in total. The lowest BCUT2D eigenvalue weighted by Gasteiger charge is -2.33. The van der Waals surface area contributed by atoms with Crippen molar-refractivity contribution in [3.05, 3.63) is 65.0 Å². The number of aromatic nitrogens is 2. The lowest BCUT2D eigenvalue weighted by atomic mass is 10.2. The lowest BCUT2D eigenvalue weighted by molar-refractivity contribution is -0.127. The molecule has 3 aromatic rings. The van der Waals surface area contributed by atoms with Crippen molar-refractivity contribution in [2.45, 2.75) is 19.9 Å². The Morgan fingerprint density at radius 3 is 2.60 bits per heavy atom. The SMILES string of the molecule is CCCOc1ccc(/C=C/C(=O)N2CCN(Cc3nc(-c4ccc(Cl)cc4)no3)CC2)cc1OC. The van der Waals surface area contributed by atoms with Gasteiger partial charge in [0.05, 0.1) is 20.3 Å². The number of carbonyl (C=O) groups excluding carboxylic acids is 1. The van der Waals surface area contributed by atoms with Gasteiger partial charge in [-0.15, -0.1) is 0 Å². The molecule has 35 heavy (non-hydrogen) atoms. The predicted molar refractivity (Wildman–Crippen MR) is 134 cm³/mol. The Labute approximate surface area is 210 Å². The number of piperazine rings is 1. The summed E-state index contributed by atoms with van der Waals surface area (Å²) in [5.74, 6) is 2.43. The maximum Gasteiger partial charge on any atom is 0.246 e. The minimum atomic E-state index is -0.0160. The van der Waals surface area contributed by atoms with Crippen LogP contribution in [-0.4, -0.2) is 65.7 Å². The third-order valence-electron chi connectivity index (χ3n) is 5.68. The number of methoxy groups -OCH3 is 1. The Balaban J connectivity index is 1.27. The molecule has 0 spiro atoms. The van der Waals surface area contributed by atoms with Crippen LogP contribution in [0.3, 0.4) is 0 Å². The molecule has 1 amide bonds. The number of rotatable bonds is 9. The van der Waals surface area contributed by atoms with E-state index in [4.69, 9.17) is 25.6 Å². The smallest absolute Gasteiger partial charge is 0.246 e. The van der Waals surface area contributed by atoms with Crippen molar-refractivity contribution in [2.24, 2.45) is 0 Å². The molecule has 1 saturated heterocycles. The highest BCUT2D eigenvalue weighted by Gasteiger charge is 2.21. The van der Waals surface area contributed by atoms with Crippen LogP contribution < -0.4 is 9.47 Å². The molecular formula is C26H29ClN4O4. The van der Waals surface area contributed by atoms with Gasteiger partial charge in [-0.25, -0.2) is 0 Å². The predicted octanol–water partition coefficient (Wildman–Crippen LogP) is 4.55. The molecule has 0 radical (unpaired) electrons. The summed E-state index contributed by atoms with van der Waals surface area (Å²) in [6, 6.07) is 13.0. The van der Waals surface area contributed by atoms with Crippen molar-refractivity contribution in [3.63, 3.8) is 0 Å². The zero-order valence-electron chi connectivity index (χ0n) is 19.9. The zero-order chi connectivity index (χ0) is 24.6. The molecule has 1 fully saturated rings. The van der Waals surface area contributed by atoms with Gasteiger partial charge in [0.25, 0.3) is 0 Å². The molecule has 1 aliphatic rings. The quantitative estimate of drug-likeness (QED) is 0.402. The van der Waals surface area contributed by atoms with E-state index in [0.29, 0.717) is 54.5 Å². The molecule has 0 bridgehead atoms. The number of carbonyl (C=O) groups is 1. The Morgan fingerprint density at radius 2 is 1.89 bits per heavy atom. The maximum absolute atomic E-state index is 12.7. The van der Waals surface area contributed by atoms with Crippen LogP contribution in [0.15, 0.2) is 53.1 Å². The van der Waals surface area contributed by atoms with E-state index in [9.17, 15) is 4.79 Å². The van der Waals surface area contributed by atoms with Crippen LogP contribution in [0.25, 0.3) is 17.5 Å². The first-order chi connectivity index (χ1) is 17.1. The highest BCUT2D eigenvalue weighted by atomic mass is 35.5. The molecular weight excluding hydrogens is 468 g/mol. The molecule has 0 unspecified atom stereocenters. The van der Waals surface area contributed by atoms with E-state index in [0.717, 1.165) is 30.6 Å². The molecule has 2 aromatic carbocycles. The van der Waals surface area contributed by atoms with Crippen molar-refractivity contribution in [3.8, 4) is 22.9 Å². The van der Waals surface area contributed by atoms with E-state index in [2.05, 4.69) is 22.0 Å². The summed E-state index contributed by atoms with van der Waals surface area (Å²) in [6.45, 7) is 5.96. The van der Waals surface area contributed by atoms with E-state index >= 15 is 0 Å². The van der Waals surface area contributed by atoms with Crippen molar-refractivity contribution in [2.75, 3.05) is 39.9 Å². The van der Waals surface area contributed by atoms with E-state index in [1.165, 1.54) is 0 Å². The van der Waals surface area contributed by atoms with Crippen LogP contribution in [0.1, 0.15) is 24.8 Å². The number of hydrogen-bond donors (Lipinski definition) is 0. The van der Waals surface area contributed by atoms with Gasteiger partial charge in [0, 0.05) is 42.8 Å². The lowest BCUT2D eigenvalue weighted by Crippen LogP contribution is -2.47. The van der Waals surface area contributed by atoms with E-state index in [-0.39, 0.29) is 5.91 Å². The highest BCUT2D eigenvalue weighted by Crippen LogP contribution is 2.28. The first-order valence-electron chi connectivity index (χ1n) is 11.6. The average Bonchev–Trinajstić information content (AvgIpc) is 3.35. The zero-order valence-corrected chi connectivity index (χ0v) is 20.7. The second-order valence-corrected chi connectivity index (χ2v) is 8.65. The van der Waals surface area contributed by atoms with Crippen LogP contribution in [0.5, 0.6) is 11.5 Å². The second-order valence-electron chi connectivity index (χ2n) is 8.21. The van der Waals surface area contributed by atoms with Crippen LogP contribution in [0, 0.1) is 0 Å². The average molecular weight is 497 g/mol. The molecule has 184 valence electrons. The maximum atomic E-state index is 12.7. The van der Waals surface area contributed by atoms with Crippen molar-refractivity contribution in [1.82, 2.24) is 19.9 Å². The van der Waals surface area contributed by atoms with Crippen molar-refractivity contribution < 1.29 is 18.8 Å². The van der Waals surface area contributed by atoms with Gasteiger partial charge < -0.3 is 18.9 Å².